The monoisotopic (exact) mass is 180 g/mol. The standard InChI is InChI=1S/C8H8F4/c1-3-5(9)7(11)4(2)8(12)6(3)10/h3-4H,1-2H3. The Labute approximate surface area is 67.6 Å². The van der Waals surface area contributed by atoms with E-state index in [1.54, 1.807) is 0 Å². The lowest BCUT2D eigenvalue weighted by molar-refractivity contribution is 0.323. The molecule has 0 atom stereocenters. The molecule has 68 valence electrons. The second kappa shape index (κ2) is 2.92. The Morgan fingerprint density at radius 3 is 1.00 bits per heavy atom. The molecule has 0 N–H and O–H groups in total. The van der Waals surface area contributed by atoms with Crippen molar-refractivity contribution in [2.45, 2.75) is 13.8 Å². The van der Waals surface area contributed by atoms with E-state index in [9.17, 15) is 17.6 Å². The van der Waals surface area contributed by atoms with E-state index in [4.69, 9.17) is 0 Å². The zero-order valence-electron chi connectivity index (χ0n) is 6.67. The summed E-state index contributed by atoms with van der Waals surface area (Å²) in [6, 6.07) is 0. The first-order chi connectivity index (χ1) is 5.46. The van der Waals surface area contributed by atoms with Crippen LogP contribution in [0, 0.1) is 11.8 Å². The summed E-state index contributed by atoms with van der Waals surface area (Å²) in [4.78, 5) is 0. The minimum absolute atomic E-state index is 1.08. The van der Waals surface area contributed by atoms with E-state index in [1.165, 1.54) is 0 Å². The number of allylic oxidation sites excluding steroid dienone is 4. The fourth-order valence-corrected chi connectivity index (χ4v) is 1.05. The van der Waals surface area contributed by atoms with Gasteiger partial charge in [0.05, 0.1) is 11.8 Å². The minimum Gasteiger partial charge on any atom is -0.208 e. The van der Waals surface area contributed by atoms with Crippen LogP contribution in [0.1, 0.15) is 13.8 Å². The Morgan fingerprint density at radius 1 is 0.667 bits per heavy atom. The van der Waals surface area contributed by atoms with Gasteiger partial charge >= 0.3 is 0 Å². The van der Waals surface area contributed by atoms with Crippen molar-refractivity contribution in [1.29, 1.82) is 0 Å². The highest BCUT2D eigenvalue weighted by atomic mass is 19.2. The molecular weight excluding hydrogens is 172 g/mol. The molecule has 0 bridgehead atoms. The Hall–Kier alpha value is -0.800. The third-order valence-corrected chi connectivity index (χ3v) is 1.98. The Bertz CT molecular complexity index is 212. The van der Waals surface area contributed by atoms with E-state index >= 15 is 0 Å². The number of hydrogen-bond acceptors (Lipinski definition) is 0. The highest BCUT2D eigenvalue weighted by Crippen LogP contribution is 2.40. The molecule has 1 aliphatic rings. The van der Waals surface area contributed by atoms with E-state index in [0.717, 1.165) is 13.8 Å². The summed E-state index contributed by atoms with van der Waals surface area (Å²) in [7, 11) is 0. The first kappa shape index (κ1) is 9.29. The summed E-state index contributed by atoms with van der Waals surface area (Å²) in [6.07, 6.45) is 0. The molecule has 0 aromatic rings. The molecule has 4 heteroatoms. The van der Waals surface area contributed by atoms with E-state index < -0.39 is 35.1 Å². The van der Waals surface area contributed by atoms with Crippen LogP contribution in [-0.2, 0) is 0 Å². The third kappa shape index (κ3) is 1.15. The van der Waals surface area contributed by atoms with Gasteiger partial charge in [0.2, 0.25) is 0 Å². The van der Waals surface area contributed by atoms with Gasteiger partial charge in [0, 0.05) is 0 Å². The van der Waals surface area contributed by atoms with Crippen LogP contribution in [0.5, 0.6) is 0 Å². The van der Waals surface area contributed by atoms with Crippen LogP contribution >= 0.6 is 0 Å². The van der Waals surface area contributed by atoms with Gasteiger partial charge in [0.15, 0.2) is 0 Å². The van der Waals surface area contributed by atoms with E-state index in [-0.39, 0.29) is 0 Å². The first-order valence-corrected chi connectivity index (χ1v) is 3.57. The molecule has 1 rings (SSSR count). The van der Waals surface area contributed by atoms with Crippen LogP contribution in [0.15, 0.2) is 23.3 Å². The Morgan fingerprint density at radius 2 is 0.833 bits per heavy atom. The predicted octanol–water partition coefficient (Wildman–Crippen LogP) is 3.57. The third-order valence-electron chi connectivity index (χ3n) is 1.98. The molecule has 0 amide bonds. The molecule has 0 saturated carbocycles. The summed E-state index contributed by atoms with van der Waals surface area (Å²) in [5.41, 5.74) is 0. The summed E-state index contributed by atoms with van der Waals surface area (Å²) < 4.78 is 50.8. The highest BCUT2D eigenvalue weighted by molar-refractivity contribution is 5.27. The van der Waals surface area contributed by atoms with Gasteiger partial charge in [-0.15, -0.1) is 0 Å². The lowest BCUT2D eigenvalue weighted by Gasteiger charge is -2.19. The van der Waals surface area contributed by atoms with Gasteiger partial charge in [0.25, 0.3) is 0 Å². The molecule has 0 heterocycles. The maximum absolute atomic E-state index is 12.7. The van der Waals surface area contributed by atoms with Crippen molar-refractivity contribution in [2.24, 2.45) is 11.8 Å². The first-order valence-electron chi connectivity index (χ1n) is 3.57. The normalized spacial score (nSPS) is 31.5. The molecule has 0 fully saturated rings. The number of hydrogen-bond donors (Lipinski definition) is 0. The van der Waals surface area contributed by atoms with Crippen LogP contribution in [0.4, 0.5) is 17.6 Å². The smallest absolute Gasteiger partial charge is 0.142 e. The molecule has 0 spiro atoms. The molecule has 1 aliphatic carbocycles. The van der Waals surface area contributed by atoms with Crippen LogP contribution in [0.25, 0.3) is 0 Å². The second-order valence-corrected chi connectivity index (χ2v) is 2.84. The average molecular weight is 180 g/mol. The van der Waals surface area contributed by atoms with Gasteiger partial charge in [-0.1, -0.05) is 0 Å². The largest absolute Gasteiger partial charge is 0.208 e. The SMILES string of the molecule is CC1C(F)=C(F)C(C)C(F)=C1F. The molecule has 0 aromatic carbocycles. The summed E-state index contributed by atoms with van der Waals surface area (Å²) in [5.74, 6) is -7.66. The Kier molecular flexibility index (Phi) is 2.26. The van der Waals surface area contributed by atoms with E-state index in [2.05, 4.69) is 0 Å². The summed E-state index contributed by atoms with van der Waals surface area (Å²) >= 11 is 0. The van der Waals surface area contributed by atoms with Crippen molar-refractivity contribution >= 4 is 0 Å². The minimum atomic E-state index is -1.42. The maximum Gasteiger partial charge on any atom is 0.142 e. The Balaban J connectivity index is 3.13. The van der Waals surface area contributed by atoms with Gasteiger partial charge in [-0.2, -0.15) is 0 Å². The summed E-state index contributed by atoms with van der Waals surface area (Å²) in [6.45, 7) is 2.16. The van der Waals surface area contributed by atoms with Crippen LogP contribution in [0.3, 0.4) is 0 Å². The van der Waals surface area contributed by atoms with Crippen LogP contribution < -0.4 is 0 Å². The van der Waals surface area contributed by atoms with Crippen LogP contribution in [0.2, 0.25) is 0 Å². The highest BCUT2D eigenvalue weighted by Gasteiger charge is 2.34. The topological polar surface area (TPSA) is 0 Å². The molecule has 0 aromatic heterocycles. The van der Waals surface area contributed by atoms with Gasteiger partial charge in [0.1, 0.15) is 23.3 Å². The molecule has 0 radical (unpaired) electrons. The molecular formula is C8H8F4. The number of rotatable bonds is 0. The zero-order valence-corrected chi connectivity index (χ0v) is 6.67. The fourth-order valence-electron chi connectivity index (χ4n) is 1.05. The molecule has 0 saturated heterocycles. The quantitative estimate of drug-likeness (QED) is 0.500. The second-order valence-electron chi connectivity index (χ2n) is 2.84. The van der Waals surface area contributed by atoms with Crippen LogP contribution in [-0.4, -0.2) is 0 Å². The number of halogens is 4. The lowest BCUT2D eigenvalue weighted by atomic mass is 9.94. The average Bonchev–Trinajstić information content (AvgIpc) is 2.08. The van der Waals surface area contributed by atoms with Crippen molar-refractivity contribution in [3.63, 3.8) is 0 Å². The molecule has 12 heavy (non-hydrogen) atoms. The molecule has 0 aliphatic heterocycles. The van der Waals surface area contributed by atoms with Gasteiger partial charge < -0.3 is 0 Å². The van der Waals surface area contributed by atoms with Crippen molar-refractivity contribution in [1.82, 2.24) is 0 Å². The van der Waals surface area contributed by atoms with E-state index in [0.29, 0.717) is 0 Å². The van der Waals surface area contributed by atoms with E-state index in [1.807, 2.05) is 0 Å². The van der Waals surface area contributed by atoms with Crippen molar-refractivity contribution in [2.75, 3.05) is 0 Å². The van der Waals surface area contributed by atoms with Gasteiger partial charge in [-0.3, -0.25) is 0 Å². The van der Waals surface area contributed by atoms with Crippen molar-refractivity contribution in [3.05, 3.63) is 23.3 Å². The van der Waals surface area contributed by atoms with Gasteiger partial charge in [-0.05, 0) is 13.8 Å². The molecule has 0 nitrogen and oxygen atoms in total. The lowest BCUT2D eigenvalue weighted by Crippen LogP contribution is -2.13. The fraction of sp³-hybridized carbons (Fsp3) is 0.500. The summed E-state index contributed by atoms with van der Waals surface area (Å²) in [5, 5.41) is 0. The predicted molar refractivity (Wildman–Crippen MR) is 36.8 cm³/mol. The zero-order chi connectivity index (χ0) is 9.46. The van der Waals surface area contributed by atoms with Crippen molar-refractivity contribution in [3.8, 4) is 0 Å². The van der Waals surface area contributed by atoms with Gasteiger partial charge in [-0.25, -0.2) is 17.6 Å². The maximum atomic E-state index is 12.7. The van der Waals surface area contributed by atoms with Crippen molar-refractivity contribution < 1.29 is 17.6 Å². The molecule has 0 unspecified atom stereocenters.